The third-order valence-corrected chi connectivity index (χ3v) is 2.92. The van der Waals surface area contributed by atoms with Crippen LogP contribution in [-0.4, -0.2) is 30.2 Å². The second kappa shape index (κ2) is 8.14. The molecule has 3 N–H and O–H groups in total. The van der Waals surface area contributed by atoms with E-state index in [-0.39, 0.29) is 11.8 Å². The highest BCUT2D eigenvalue weighted by Gasteiger charge is 2.10. The SMILES string of the molecule is CC(CCNC(=O)NCCc1ccccc1F)C(=O)O. The molecule has 0 aliphatic rings. The molecule has 1 unspecified atom stereocenters. The van der Waals surface area contributed by atoms with Crippen molar-refractivity contribution in [1.82, 2.24) is 10.6 Å². The molecule has 0 heterocycles. The van der Waals surface area contributed by atoms with Crippen LogP contribution in [0.4, 0.5) is 9.18 Å². The Kier molecular flexibility index (Phi) is 6.49. The molecule has 0 aliphatic carbocycles. The van der Waals surface area contributed by atoms with Gasteiger partial charge in [-0.1, -0.05) is 25.1 Å². The van der Waals surface area contributed by atoms with E-state index in [2.05, 4.69) is 10.6 Å². The van der Waals surface area contributed by atoms with E-state index >= 15 is 0 Å². The van der Waals surface area contributed by atoms with Crippen molar-refractivity contribution >= 4 is 12.0 Å². The summed E-state index contributed by atoms with van der Waals surface area (Å²) in [5, 5.41) is 13.8. The topological polar surface area (TPSA) is 78.4 Å². The van der Waals surface area contributed by atoms with Gasteiger partial charge in [0.15, 0.2) is 0 Å². The predicted octanol–water partition coefficient (Wildman–Crippen LogP) is 1.78. The summed E-state index contributed by atoms with van der Waals surface area (Å²) in [6.45, 7) is 2.19. The lowest BCUT2D eigenvalue weighted by molar-refractivity contribution is -0.141. The van der Waals surface area contributed by atoms with Crippen molar-refractivity contribution in [2.75, 3.05) is 13.1 Å². The first kappa shape index (κ1) is 15.9. The normalized spacial score (nSPS) is 11.7. The summed E-state index contributed by atoms with van der Waals surface area (Å²) in [6.07, 6.45) is 0.779. The quantitative estimate of drug-likeness (QED) is 0.713. The number of aliphatic carboxylic acids is 1. The van der Waals surface area contributed by atoms with Crippen molar-refractivity contribution in [2.45, 2.75) is 19.8 Å². The van der Waals surface area contributed by atoms with Gasteiger partial charge < -0.3 is 15.7 Å². The predicted molar refractivity (Wildman–Crippen MR) is 72.9 cm³/mol. The minimum Gasteiger partial charge on any atom is -0.481 e. The van der Waals surface area contributed by atoms with Crippen LogP contribution < -0.4 is 10.6 Å². The number of rotatable bonds is 7. The minimum atomic E-state index is -0.883. The van der Waals surface area contributed by atoms with Gasteiger partial charge in [0, 0.05) is 13.1 Å². The third kappa shape index (κ3) is 5.69. The molecule has 5 nitrogen and oxygen atoms in total. The molecule has 110 valence electrons. The number of benzene rings is 1. The first-order chi connectivity index (χ1) is 9.50. The first-order valence-corrected chi connectivity index (χ1v) is 6.48. The number of urea groups is 1. The number of hydrogen-bond donors (Lipinski definition) is 3. The van der Waals surface area contributed by atoms with Gasteiger partial charge in [-0.25, -0.2) is 9.18 Å². The van der Waals surface area contributed by atoms with Gasteiger partial charge in [0.25, 0.3) is 0 Å². The van der Waals surface area contributed by atoms with Crippen LogP contribution in [0.3, 0.4) is 0 Å². The smallest absolute Gasteiger partial charge is 0.314 e. The second-order valence-electron chi connectivity index (χ2n) is 4.55. The van der Waals surface area contributed by atoms with E-state index in [9.17, 15) is 14.0 Å². The van der Waals surface area contributed by atoms with Crippen LogP contribution in [-0.2, 0) is 11.2 Å². The molecule has 1 aromatic rings. The molecule has 0 radical (unpaired) electrons. The summed E-state index contributed by atoms with van der Waals surface area (Å²) in [6, 6.07) is 6.03. The molecule has 20 heavy (non-hydrogen) atoms. The molecule has 0 spiro atoms. The zero-order chi connectivity index (χ0) is 15.0. The molecule has 0 fully saturated rings. The Balaban J connectivity index is 2.18. The lowest BCUT2D eigenvalue weighted by atomic mass is 10.1. The van der Waals surface area contributed by atoms with Gasteiger partial charge in [0.2, 0.25) is 0 Å². The molecule has 0 bridgehead atoms. The van der Waals surface area contributed by atoms with E-state index < -0.39 is 11.9 Å². The molecule has 1 aromatic carbocycles. The Morgan fingerprint density at radius 3 is 2.55 bits per heavy atom. The fourth-order valence-corrected chi connectivity index (χ4v) is 1.60. The zero-order valence-electron chi connectivity index (χ0n) is 11.4. The van der Waals surface area contributed by atoms with Crippen molar-refractivity contribution in [2.24, 2.45) is 5.92 Å². The van der Waals surface area contributed by atoms with Crippen molar-refractivity contribution in [3.63, 3.8) is 0 Å². The van der Waals surface area contributed by atoms with Crippen LogP contribution in [0.15, 0.2) is 24.3 Å². The van der Waals surface area contributed by atoms with Gasteiger partial charge in [-0.15, -0.1) is 0 Å². The molecule has 0 aliphatic heterocycles. The summed E-state index contributed by atoms with van der Waals surface area (Å²) in [4.78, 5) is 22.0. The first-order valence-electron chi connectivity index (χ1n) is 6.48. The molecular formula is C14H19FN2O3. The maximum Gasteiger partial charge on any atom is 0.314 e. The number of carbonyl (C=O) groups is 2. The Bertz CT molecular complexity index is 465. The Morgan fingerprint density at radius 1 is 1.25 bits per heavy atom. The Labute approximate surface area is 117 Å². The maximum atomic E-state index is 13.3. The fraction of sp³-hybridized carbons (Fsp3) is 0.429. The Hall–Kier alpha value is -2.11. The van der Waals surface area contributed by atoms with Gasteiger partial charge in [0.1, 0.15) is 5.82 Å². The van der Waals surface area contributed by atoms with Crippen LogP contribution in [0, 0.1) is 11.7 Å². The average Bonchev–Trinajstić information content (AvgIpc) is 2.40. The molecule has 0 saturated carbocycles. The van der Waals surface area contributed by atoms with Gasteiger partial charge in [0.05, 0.1) is 5.92 Å². The van der Waals surface area contributed by atoms with E-state index in [1.165, 1.54) is 6.07 Å². The lowest BCUT2D eigenvalue weighted by Gasteiger charge is -2.09. The van der Waals surface area contributed by atoms with E-state index in [1.807, 2.05) is 0 Å². The summed E-state index contributed by atoms with van der Waals surface area (Å²) in [5.74, 6) is -1.66. The largest absolute Gasteiger partial charge is 0.481 e. The van der Waals surface area contributed by atoms with Crippen LogP contribution >= 0.6 is 0 Å². The summed E-state index contributed by atoms with van der Waals surface area (Å²) in [5.41, 5.74) is 0.548. The highest BCUT2D eigenvalue weighted by Crippen LogP contribution is 2.06. The van der Waals surface area contributed by atoms with Crippen molar-refractivity contribution in [3.8, 4) is 0 Å². The molecule has 1 atom stereocenters. The van der Waals surface area contributed by atoms with Crippen LogP contribution in [0.25, 0.3) is 0 Å². The minimum absolute atomic E-state index is 0.287. The number of carboxylic acid groups (broad SMARTS) is 1. The zero-order valence-corrected chi connectivity index (χ0v) is 11.4. The molecule has 0 aromatic heterocycles. The van der Waals surface area contributed by atoms with Crippen LogP contribution in [0.1, 0.15) is 18.9 Å². The van der Waals surface area contributed by atoms with E-state index in [0.717, 1.165) is 0 Å². The lowest BCUT2D eigenvalue weighted by Crippen LogP contribution is -2.37. The number of carboxylic acids is 1. The van der Waals surface area contributed by atoms with Gasteiger partial charge >= 0.3 is 12.0 Å². The monoisotopic (exact) mass is 282 g/mol. The number of hydrogen-bond acceptors (Lipinski definition) is 2. The van der Waals surface area contributed by atoms with Gasteiger partial charge in [-0.05, 0) is 24.5 Å². The molecule has 6 heteroatoms. The van der Waals surface area contributed by atoms with Crippen LogP contribution in [0.2, 0.25) is 0 Å². The standard InChI is InChI=1S/C14H19FN2O3/c1-10(13(18)19)6-8-16-14(20)17-9-7-11-4-2-3-5-12(11)15/h2-5,10H,6-9H2,1H3,(H,18,19)(H2,16,17,20). The molecular weight excluding hydrogens is 263 g/mol. The molecule has 0 saturated heterocycles. The second-order valence-corrected chi connectivity index (χ2v) is 4.55. The number of carbonyl (C=O) groups excluding carboxylic acids is 1. The van der Waals surface area contributed by atoms with Gasteiger partial charge in [-0.2, -0.15) is 0 Å². The Morgan fingerprint density at radius 2 is 1.90 bits per heavy atom. The van der Waals surface area contributed by atoms with Crippen molar-refractivity contribution in [1.29, 1.82) is 0 Å². The average molecular weight is 282 g/mol. The number of amides is 2. The maximum absolute atomic E-state index is 13.3. The highest BCUT2D eigenvalue weighted by atomic mass is 19.1. The molecule has 1 rings (SSSR count). The highest BCUT2D eigenvalue weighted by molar-refractivity contribution is 5.74. The van der Waals surface area contributed by atoms with Crippen LogP contribution in [0.5, 0.6) is 0 Å². The fourth-order valence-electron chi connectivity index (χ4n) is 1.60. The van der Waals surface area contributed by atoms with E-state index in [4.69, 9.17) is 5.11 Å². The summed E-state index contributed by atoms with van der Waals surface area (Å²) < 4.78 is 13.3. The number of halogens is 1. The van der Waals surface area contributed by atoms with E-state index in [1.54, 1.807) is 25.1 Å². The summed E-state index contributed by atoms with van der Waals surface area (Å²) >= 11 is 0. The molecule has 2 amide bonds. The van der Waals surface area contributed by atoms with Gasteiger partial charge in [-0.3, -0.25) is 4.79 Å². The van der Waals surface area contributed by atoms with Crippen molar-refractivity contribution in [3.05, 3.63) is 35.6 Å². The third-order valence-electron chi connectivity index (χ3n) is 2.92. The summed E-state index contributed by atoms with van der Waals surface area (Å²) in [7, 11) is 0. The van der Waals surface area contributed by atoms with Crippen molar-refractivity contribution < 1.29 is 19.1 Å². The van der Waals surface area contributed by atoms with E-state index in [0.29, 0.717) is 31.5 Å². The number of nitrogens with one attached hydrogen (secondary N) is 2.